The molecule has 1 aliphatic rings. The molecule has 5 rings (SSSR count). The molecule has 0 aliphatic carbocycles. The highest BCUT2D eigenvalue weighted by atomic mass is 79.9. The number of amides is 1. The maximum atomic E-state index is 13.2. The van der Waals surface area contributed by atoms with E-state index in [0.29, 0.717) is 24.3 Å². The molecule has 1 amide bonds. The van der Waals surface area contributed by atoms with Crippen LogP contribution in [0, 0.1) is 0 Å². The molecule has 0 saturated carbocycles. The highest BCUT2D eigenvalue weighted by molar-refractivity contribution is 9.10. The third-order valence-corrected chi connectivity index (χ3v) is 6.91. The van der Waals surface area contributed by atoms with Gasteiger partial charge in [-0.1, -0.05) is 46.3 Å². The van der Waals surface area contributed by atoms with Crippen LogP contribution in [-0.2, 0) is 16.0 Å². The standard InChI is InChI=1S/C28H23BrN2O4/c1-35-21-12-8-18(9-13-21)26(32)24-25(17-6-10-20(29)11-7-17)31(28(34)27(24)33)15-14-19-16-30-23-5-3-2-4-22(19)23/h2-13,16,25,30,32H,14-15H2,1H3. The number of nitrogens with one attached hydrogen (secondary N) is 1. The number of ketones is 1. The van der Waals surface area contributed by atoms with Gasteiger partial charge in [0.05, 0.1) is 18.7 Å². The number of likely N-dealkylation sites (tertiary alicyclic amines) is 1. The molecular weight excluding hydrogens is 508 g/mol. The molecule has 4 aromatic rings. The minimum atomic E-state index is -0.699. The Labute approximate surface area is 211 Å². The fraction of sp³-hybridized carbons (Fsp3) is 0.143. The van der Waals surface area contributed by atoms with E-state index in [4.69, 9.17) is 4.74 Å². The molecule has 1 unspecified atom stereocenters. The molecule has 6 nitrogen and oxygen atoms in total. The number of fused-ring (bicyclic) bond motifs is 1. The Morgan fingerprint density at radius 3 is 2.46 bits per heavy atom. The Balaban J connectivity index is 1.55. The zero-order valence-electron chi connectivity index (χ0n) is 19.0. The predicted octanol–water partition coefficient (Wildman–Crippen LogP) is 5.60. The van der Waals surface area contributed by atoms with Crippen molar-refractivity contribution in [3.05, 3.63) is 106 Å². The van der Waals surface area contributed by atoms with Gasteiger partial charge in [0.25, 0.3) is 11.7 Å². The first kappa shape index (κ1) is 22.9. The number of Topliss-reactive ketones (excluding diaryl/α,β-unsaturated/α-hetero) is 1. The van der Waals surface area contributed by atoms with E-state index in [-0.39, 0.29) is 11.3 Å². The number of carbonyl (C=O) groups is 2. The van der Waals surface area contributed by atoms with Crippen LogP contribution in [0.15, 0.2) is 89.0 Å². The molecule has 7 heteroatoms. The van der Waals surface area contributed by atoms with Crippen molar-refractivity contribution in [2.24, 2.45) is 0 Å². The number of carbonyl (C=O) groups excluding carboxylic acids is 2. The maximum Gasteiger partial charge on any atom is 0.295 e. The van der Waals surface area contributed by atoms with Crippen LogP contribution >= 0.6 is 15.9 Å². The number of ether oxygens (including phenoxy) is 1. The van der Waals surface area contributed by atoms with Crippen LogP contribution in [-0.4, -0.2) is 40.3 Å². The van der Waals surface area contributed by atoms with E-state index in [0.717, 1.165) is 26.5 Å². The van der Waals surface area contributed by atoms with Crippen LogP contribution in [0.1, 0.15) is 22.7 Å². The second-order valence-corrected chi connectivity index (χ2v) is 9.30. The van der Waals surface area contributed by atoms with Crippen LogP contribution in [0.5, 0.6) is 5.75 Å². The minimum absolute atomic E-state index is 0.0846. The largest absolute Gasteiger partial charge is 0.507 e. The van der Waals surface area contributed by atoms with Gasteiger partial charge in [0, 0.05) is 33.7 Å². The number of H-pyrrole nitrogens is 1. The number of rotatable bonds is 6. The molecule has 0 radical (unpaired) electrons. The Kier molecular flexibility index (Phi) is 6.17. The fourth-order valence-corrected chi connectivity index (χ4v) is 4.85. The Morgan fingerprint density at radius 2 is 1.74 bits per heavy atom. The smallest absolute Gasteiger partial charge is 0.295 e. The topological polar surface area (TPSA) is 82.6 Å². The molecule has 176 valence electrons. The third kappa shape index (κ3) is 4.23. The number of aliphatic hydroxyl groups is 1. The van der Waals surface area contributed by atoms with Crippen LogP contribution < -0.4 is 4.74 Å². The van der Waals surface area contributed by atoms with E-state index < -0.39 is 17.7 Å². The van der Waals surface area contributed by atoms with Gasteiger partial charge in [0.2, 0.25) is 0 Å². The summed E-state index contributed by atoms with van der Waals surface area (Å²) in [6.07, 6.45) is 2.50. The lowest BCUT2D eigenvalue weighted by molar-refractivity contribution is -0.139. The normalized spacial score (nSPS) is 17.3. The van der Waals surface area contributed by atoms with Crippen molar-refractivity contribution in [2.45, 2.75) is 12.5 Å². The summed E-state index contributed by atoms with van der Waals surface area (Å²) in [5, 5.41) is 12.3. The summed E-state index contributed by atoms with van der Waals surface area (Å²) < 4.78 is 6.08. The molecule has 1 aromatic heterocycles. The Bertz CT molecular complexity index is 1440. The second-order valence-electron chi connectivity index (χ2n) is 8.38. The van der Waals surface area contributed by atoms with Gasteiger partial charge in [-0.15, -0.1) is 0 Å². The van der Waals surface area contributed by atoms with Crippen LogP contribution in [0.3, 0.4) is 0 Å². The zero-order valence-corrected chi connectivity index (χ0v) is 20.6. The van der Waals surface area contributed by atoms with Gasteiger partial charge >= 0.3 is 0 Å². The number of aromatic nitrogens is 1. The number of hydrogen-bond acceptors (Lipinski definition) is 4. The van der Waals surface area contributed by atoms with Gasteiger partial charge < -0.3 is 19.7 Å². The number of methoxy groups -OCH3 is 1. The first-order valence-electron chi connectivity index (χ1n) is 11.2. The van der Waals surface area contributed by atoms with Crippen molar-refractivity contribution in [1.29, 1.82) is 0 Å². The molecule has 1 aliphatic heterocycles. The summed E-state index contributed by atoms with van der Waals surface area (Å²) in [5.41, 5.74) is 3.37. The SMILES string of the molecule is COc1ccc(C(O)=C2C(=O)C(=O)N(CCc3c[nH]c4ccccc34)C2c2ccc(Br)cc2)cc1. The van der Waals surface area contributed by atoms with Crippen molar-refractivity contribution in [2.75, 3.05) is 13.7 Å². The lowest BCUT2D eigenvalue weighted by Crippen LogP contribution is -2.31. The number of benzene rings is 3. The second kappa shape index (κ2) is 9.43. The van der Waals surface area contributed by atoms with Crippen LogP contribution in [0.4, 0.5) is 0 Å². The quantitative estimate of drug-likeness (QED) is 0.193. The highest BCUT2D eigenvalue weighted by Gasteiger charge is 2.45. The number of aromatic amines is 1. The molecule has 0 bridgehead atoms. The van der Waals surface area contributed by atoms with Crippen LogP contribution in [0.2, 0.25) is 0 Å². The van der Waals surface area contributed by atoms with Crippen molar-refractivity contribution >= 4 is 44.3 Å². The summed E-state index contributed by atoms with van der Waals surface area (Å²) in [7, 11) is 1.56. The summed E-state index contributed by atoms with van der Waals surface area (Å²) in [6.45, 7) is 0.326. The Morgan fingerprint density at radius 1 is 1.03 bits per heavy atom. The molecule has 35 heavy (non-hydrogen) atoms. The molecule has 1 atom stereocenters. The molecule has 2 heterocycles. The molecule has 1 fully saturated rings. The lowest BCUT2D eigenvalue weighted by Gasteiger charge is -2.25. The molecule has 1 saturated heterocycles. The lowest BCUT2D eigenvalue weighted by atomic mass is 9.95. The van der Waals surface area contributed by atoms with Crippen molar-refractivity contribution in [1.82, 2.24) is 9.88 Å². The number of aliphatic hydroxyl groups excluding tert-OH is 1. The fourth-order valence-electron chi connectivity index (χ4n) is 4.59. The average molecular weight is 531 g/mol. The predicted molar refractivity (Wildman–Crippen MR) is 138 cm³/mol. The van der Waals surface area contributed by atoms with E-state index in [1.54, 1.807) is 36.3 Å². The summed E-state index contributed by atoms with van der Waals surface area (Å²) in [4.78, 5) is 31.3. The van der Waals surface area contributed by atoms with Crippen LogP contribution in [0.25, 0.3) is 16.7 Å². The first-order valence-corrected chi connectivity index (χ1v) is 12.0. The Hall–Kier alpha value is -3.84. The number of hydrogen-bond donors (Lipinski definition) is 2. The molecule has 2 N–H and O–H groups in total. The van der Waals surface area contributed by atoms with E-state index in [1.807, 2.05) is 54.7 Å². The number of para-hydroxylation sites is 1. The van der Waals surface area contributed by atoms with E-state index >= 15 is 0 Å². The molecule has 0 spiro atoms. The van der Waals surface area contributed by atoms with Gasteiger partial charge in [-0.25, -0.2) is 0 Å². The number of nitrogens with zero attached hydrogens (tertiary/aromatic N) is 1. The van der Waals surface area contributed by atoms with Gasteiger partial charge in [0.1, 0.15) is 11.5 Å². The molecule has 3 aromatic carbocycles. The first-order chi connectivity index (χ1) is 17.0. The van der Waals surface area contributed by atoms with Gasteiger partial charge in [-0.3, -0.25) is 9.59 Å². The van der Waals surface area contributed by atoms with E-state index in [1.165, 1.54) is 0 Å². The average Bonchev–Trinajstić information content (AvgIpc) is 3.41. The van der Waals surface area contributed by atoms with E-state index in [2.05, 4.69) is 20.9 Å². The summed E-state index contributed by atoms with van der Waals surface area (Å²) >= 11 is 3.44. The highest BCUT2D eigenvalue weighted by Crippen LogP contribution is 2.40. The maximum absolute atomic E-state index is 13.2. The minimum Gasteiger partial charge on any atom is -0.507 e. The molecular formula is C28H23BrN2O4. The third-order valence-electron chi connectivity index (χ3n) is 6.39. The monoisotopic (exact) mass is 530 g/mol. The van der Waals surface area contributed by atoms with Gasteiger partial charge in [-0.05, 0) is 60.0 Å². The van der Waals surface area contributed by atoms with Crippen molar-refractivity contribution in [3.63, 3.8) is 0 Å². The zero-order chi connectivity index (χ0) is 24.5. The van der Waals surface area contributed by atoms with Gasteiger partial charge in [-0.2, -0.15) is 0 Å². The van der Waals surface area contributed by atoms with Gasteiger partial charge in [0.15, 0.2) is 0 Å². The van der Waals surface area contributed by atoms with Crippen molar-refractivity contribution in [3.8, 4) is 5.75 Å². The summed E-state index contributed by atoms with van der Waals surface area (Å²) in [6, 6.07) is 21.5. The van der Waals surface area contributed by atoms with E-state index in [9.17, 15) is 14.7 Å². The van der Waals surface area contributed by atoms with Crippen molar-refractivity contribution < 1.29 is 19.4 Å². The summed E-state index contributed by atoms with van der Waals surface area (Å²) in [5.74, 6) is -0.878. The number of halogens is 1.